The first-order valence-electron chi connectivity index (χ1n) is 8.44. The lowest BCUT2D eigenvalue weighted by atomic mass is 10.0. The summed E-state index contributed by atoms with van der Waals surface area (Å²) in [5.41, 5.74) is 5.92. The summed E-state index contributed by atoms with van der Waals surface area (Å²) in [5.74, 6) is 0.609. The van der Waals surface area contributed by atoms with Gasteiger partial charge in [0.05, 0.1) is 6.54 Å². The molecule has 0 aromatic rings. The third-order valence-electron chi connectivity index (χ3n) is 4.28. The minimum Gasteiger partial charge on any atom is -0.370 e. The second-order valence-corrected chi connectivity index (χ2v) is 6.15. The lowest BCUT2D eigenvalue weighted by Crippen LogP contribution is -2.45. The highest BCUT2D eigenvalue weighted by Gasteiger charge is 2.22. The van der Waals surface area contributed by atoms with E-state index in [1.54, 1.807) is 0 Å². The van der Waals surface area contributed by atoms with Gasteiger partial charge < -0.3 is 11.1 Å². The molecule has 0 bridgehead atoms. The van der Waals surface area contributed by atoms with Crippen molar-refractivity contribution in [2.24, 2.45) is 10.7 Å². The van der Waals surface area contributed by atoms with Gasteiger partial charge in [0.25, 0.3) is 0 Å². The molecule has 0 aliphatic carbocycles. The predicted molar refractivity (Wildman–Crippen MR) is 104 cm³/mol. The Morgan fingerprint density at radius 2 is 2.10 bits per heavy atom. The first-order valence-corrected chi connectivity index (χ1v) is 8.44. The molecule has 1 saturated heterocycles. The van der Waals surface area contributed by atoms with Crippen LogP contribution in [0.15, 0.2) is 4.99 Å². The smallest absolute Gasteiger partial charge is 0.188 e. The van der Waals surface area contributed by atoms with Crippen LogP contribution in [0.4, 0.5) is 0 Å². The first-order chi connectivity index (χ1) is 9.65. The molecule has 3 N–H and O–H groups in total. The van der Waals surface area contributed by atoms with Crippen LogP contribution in [0, 0.1) is 0 Å². The average Bonchev–Trinajstić information content (AvgIpc) is 2.45. The highest BCUT2D eigenvalue weighted by Crippen LogP contribution is 2.18. The zero-order chi connectivity index (χ0) is 14.8. The van der Waals surface area contributed by atoms with Gasteiger partial charge in [0, 0.05) is 18.6 Å². The van der Waals surface area contributed by atoms with Crippen LogP contribution in [0.2, 0.25) is 0 Å². The molecule has 1 aliphatic heterocycles. The fourth-order valence-corrected chi connectivity index (χ4v) is 2.93. The Balaban J connectivity index is 0.00000400. The van der Waals surface area contributed by atoms with Gasteiger partial charge in [-0.3, -0.25) is 9.89 Å². The van der Waals surface area contributed by atoms with Gasteiger partial charge in [0.15, 0.2) is 5.96 Å². The summed E-state index contributed by atoms with van der Waals surface area (Å²) in [6, 6.07) is 1.18. The van der Waals surface area contributed by atoms with E-state index in [2.05, 4.69) is 36.0 Å². The van der Waals surface area contributed by atoms with Crippen LogP contribution >= 0.6 is 24.0 Å². The topological polar surface area (TPSA) is 53.6 Å². The van der Waals surface area contributed by atoms with E-state index in [9.17, 15) is 0 Å². The van der Waals surface area contributed by atoms with Crippen LogP contribution in [-0.2, 0) is 0 Å². The number of piperidine rings is 1. The second kappa shape index (κ2) is 12.5. The summed E-state index contributed by atoms with van der Waals surface area (Å²) >= 11 is 0. The van der Waals surface area contributed by atoms with Crippen molar-refractivity contribution in [2.45, 2.75) is 77.8 Å². The van der Waals surface area contributed by atoms with Crippen molar-refractivity contribution in [2.75, 3.05) is 19.6 Å². The van der Waals surface area contributed by atoms with Crippen LogP contribution in [0.1, 0.15) is 65.7 Å². The number of aliphatic imine (C=N–C) groups is 1. The minimum absolute atomic E-state index is 0. The zero-order valence-corrected chi connectivity index (χ0v) is 16.4. The number of guanidine groups is 1. The Bertz CT molecular complexity index is 283. The fraction of sp³-hybridized carbons (Fsp3) is 0.938. The van der Waals surface area contributed by atoms with Gasteiger partial charge in [-0.15, -0.1) is 24.0 Å². The molecule has 2 unspecified atom stereocenters. The molecule has 0 amide bonds. The second-order valence-electron chi connectivity index (χ2n) is 6.15. The lowest BCUT2D eigenvalue weighted by Gasteiger charge is -2.37. The largest absolute Gasteiger partial charge is 0.370 e. The van der Waals surface area contributed by atoms with Crippen LogP contribution in [0.3, 0.4) is 0 Å². The number of likely N-dealkylation sites (tertiary alicyclic amines) is 1. The number of unbranched alkanes of at least 4 members (excludes halogenated alkanes) is 3. The van der Waals surface area contributed by atoms with Gasteiger partial charge in [0.1, 0.15) is 0 Å². The number of nitrogens with one attached hydrogen (secondary N) is 1. The summed E-state index contributed by atoms with van der Waals surface area (Å²) < 4.78 is 0. The molecule has 5 heteroatoms. The molecular weight excluding hydrogens is 375 g/mol. The Labute approximate surface area is 148 Å². The molecule has 1 heterocycles. The molecule has 1 aliphatic rings. The Morgan fingerprint density at radius 3 is 2.76 bits per heavy atom. The fourth-order valence-electron chi connectivity index (χ4n) is 2.93. The molecule has 0 aromatic heterocycles. The van der Waals surface area contributed by atoms with E-state index in [4.69, 9.17) is 5.73 Å². The van der Waals surface area contributed by atoms with Crippen molar-refractivity contribution in [1.82, 2.24) is 10.2 Å². The number of nitrogens with two attached hydrogens (primary N) is 1. The van der Waals surface area contributed by atoms with E-state index in [0.717, 1.165) is 13.1 Å². The highest BCUT2D eigenvalue weighted by molar-refractivity contribution is 14.0. The van der Waals surface area contributed by atoms with Gasteiger partial charge in [-0.1, -0.05) is 32.6 Å². The Kier molecular flexibility index (Phi) is 12.5. The molecule has 1 rings (SSSR count). The van der Waals surface area contributed by atoms with Gasteiger partial charge in [-0.25, -0.2) is 0 Å². The highest BCUT2D eigenvalue weighted by atomic mass is 127. The molecule has 21 heavy (non-hydrogen) atoms. The summed E-state index contributed by atoms with van der Waals surface area (Å²) in [6.07, 6.45) is 9.05. The quantitative estimate of drug-likeness (QED) is 0.279. The number of rotatable bonds is 8. The Hall–Kier alpha value is -0.0400. The normalized spacial score (nSPS) is 21.7. The van der Waals surface area contributed by atoms with Crippen molar-refractivity contribution >= 4 is 29.9 Å². The van der Waals surface area contributed by atoms with Gasteiger partial charge in [-0.2, -0.15) is 0 Å². The van der Waals surface area contributed by atoms with Crippen molar-refractivity contribution in [3.8, 4) is 0 Å². The van der Waals surface area contributed by atoms with E-state index in [1.165, 1.54) is 51.5 Å². The lowest BCUT2D eigenvalue weighted by molar-refractivity contribution is 0.118. The third-order valence-corrected chi connectivity index (χ3v) is 4.28. The monoisotopic (exact) mass is 410 g/mol. The maximum absolute atomic E-state index is 5.92. The van der Waals surface area contributed by atoms with E-state index in [0.29, 0.717) is 18.0 Å². The molecule has 0 saturated carbocycles. The maximum atomic E-state index is 5.92. The number of nitrogens with zero attached hydrogens (tertiary/aromatic N) is 2. The van der Waals surface area contributed by atoms with Gasteiger partial charge in [0.2, 0.25) is 0 Å². The Morgan fingerprint density at radius 1 is 1.33 bits per heavy atom. The van der Waals surface area contributed by atoms with Crippen molar-refractivity contribution in [1.29, 1.82) is 0 Å². The van der Waals surface area contributed by atoms with Crippen LogP contribution < -0.4 is 11.1 Å². The molecule has 1 fully saturated rings. The van der Waals surface area contributed by atoms with Crippen LogP contribution in [0.25, 0.3) is 0 Å². The van der Waals surface area contributed by atoms with Gasteiger partial charge in [-0.05, 0) is 39.7 Å². The molecule has 2 atom stereocenters. The molecule has 0 aromatic carbocycles. The summed E-state index contributed by atoms with van der Waals surface area (Å²) in [6.45, 7) is 9.78. The zero-order valence-electron chi connectivity index (χ0n) is 14.1. The van der Waals surface area contributed by atoms with Crippen LogP contribution in [0.5, 0.6) is 0 Å². The van der Waals surface area contributed by atoms with Crippen molar-refractivity contribution in [3.63, 3.8) is 0 Å². The van der Waals surface area contributed by atoms with Crippen LogP contribution in [-0.4, -0.2) is 42.6 Å². The van der Waals surface area contributed by atoms with E-state index >= 15 is 0 Å². The molecular formula is C16H35IN4. The molecule has 0 spiro atoms. The van der Waals surface area contributed by atoms with E-state index < -0.39 is 0 Å². The summed E-state index contributed by atoms with van der Waals surface area (Å²) in [4.78, 5) is 7.06. The minimum atomic E-state index is 0. The van der Waals surface area contributed by atoms with E-state index in [1.807, 2.05) is 0 Å². The summed E-state index contributed by atoms with van der Waals surface area (Å²) in [5, 5.41) is 3.22. The first kappa shape index (κ1) is 21.0. The molecule has 4 nitrogen and oxygen atoms in total. The number of hydrogen-bond donors (Lipinski definition) is 2. The third kappa shape index (κ3) is 8.86. The van der Waals surface area contributed by atoms with Crippen molar-refractivity contribution in [3.05, 3.63) is 0 Å². The number of halogens is 1. The van der Waals surface area contributed by atoms with Crippen molar-refractivity contribution < 1.29 is 0 Å². The predicted octanol–water partition coefficient (Wildman–Crippen LogP) is 3.35. The van der Waals surface area contributed by atoms with Gasteiger partial charge >= 0.3 is 0 Å². The van der Waals surface area contributed by atoms with E-state index in [-0.39, 0.29) is 24.0 Å². The SMILES string of the molecule is CCCCCCNC(N)=NCC(C)N1CCCCC1C.I. The average molecular weight is 410 g/mol. The standard InChI is InChI=1S/C16H34N4.HI/c1-4-5-6-8-11-18-16(17)19-13-15(3)20-12-9-7-10-14(20)2;/h14-15H,4-13H2,1-3H3,(H3,17,18,19);1H. The molecule has 0 radical (unpaired) electrons. The maximum Gasteiger partial charge on any atom is 0.188 e. The molecule has 126 valence electrons. The number of hydrogen-bond acceptors (Lipinski definition) is 2. The summed E-state index contributed by atoms with van der Waals surface area (Å²) in [7, 11) is 0.